The number of phenols is 1. The minimum absolute atomic E-state index is 0.335. The molecule has 2 atom stereocenters. The Kier molecular flexibility index (Phi) is 5.42. The van der Waals surface area contributed by atoms with Crippen LogP contribution in [-0.4, -0.2) is 42.1 Å². The minimum Gasteiger partial charge on any atom is -0.508 e. The van der Waals surface area contributed by atoms with Gasteiger partial charge in [-0.2, -0.15) is 0 Å². The Bertz CT molecular complexity index is 529. The molecule has 4 heteroatoms. The number of phenolic OH excluding ortho intramolecular Hbond substituents is 1. The summed E-state index contributed by atoms with van der Waals surface area (Å²) in [6, 6.07) is 7.48. The Hall–Kier alpha value is -1.71. The van der Waals surface area contributed by atoms with Crippen molar-refractivity contribution in [3.63, 3.8) is 0 Å². The van der Waals surface area contributed by atoms with Gasteiger partial charge in [0.15, 0.2) is 5.96 Å². The van der Waals surface area contributed by atoms with Crippen molar-refractivity contribution in [1.29, 1.82) is 0 Å². The molecular weight excluding hydrogens is 286 g/mol. The lowest BCUT2D eigenvalue weighted by molar-refractivity contribution is 0.299. The van der Waals surface area contributed by atoms with Crippen LogP contribution in [0.1, 0.15) is 38.2 Å². The summed E-state index contributed by atoms with van der Waals surface area (Å²) >= 11 is 0. The third kappa shape index (κ3) is 4.18. The molecule has 2 unspecified atom stereocenters. The molecule has 0 bridgehead atoms. The number of aromatic hydroxyl groups is 1. The van der Waals surface area contributed by atoms with Gasteiger partial charge in [0.2, 0.25) is 0 Å². The molecule has 4 nitrogen and oxygen atoms in total. The molecule has 1 heterocycles. The average Bonchev–Trinajstić information content (AvgIpc) is 2.98. The number of benzene rings is 1. The second-order valence-corrected chi connectivity index (χ2v) is 6.87. The van der Waals surface area contributed by atoms with Crippen LogP contribution in [0.15, 0.2) is 29.3 Å². The van der Waals surface area contributed by atoms with Crippen molar-refractivity contribution in [2.24, 2.45) is 16.8 Å². The summed E-state index contributed by atoms with van der Waals surface area (Å²) in [5.41, 5.74) is 1.14. The molecule has 0 amide bonds. The monoisotopic (exact) mass is 315 g/mol. The Balaban J connectivity index is 1.59. The van der Waals surface area contributed by atoms with Gasteiger partial charge in [0.1, 0.15) is 5.75 Å². The Labute approximate surface area is 139 Å². The molecule has 126 valence electrons. The standard InChI is InChI=1S/C19H29N3O/c1-2-20-19(21-11-10-15-6-5-9-18(23)12-15)22-13-16-7-3-4-8-17(16)14-22/h5-6,9,12,16-17,23H,2-4,7-8,10-11,13-14H2,1H3,(H,20,21). The zero-order chi connectivity index (χ0) is 16.1. The van der Waals surface area contributed by atoms with E-state index >= 15 is 0 Å². The molecule has 1 aromatic rings. The first kappa shape index (κ1) is 16.2. The van der Waals surface area contributed by atoms with Gasteiger partial charge in [-0.15, -0.1) is 0 Å². The highest BCUT2D eigenvalue weighted by Crippen LogP contribution is 2.35. The van der Waals surface area contributed by atoms with E-state index in [0.717, 1.165) is 42.9 Å². The molecule has 0 spiro atoms. The van der Waals surface area contributed by atoms with Crippen molar-refractivity contribution >= 4 is 5.96 Å². The summed E-state index contributed by atoms with van der Waals surface area (Å²) < 4.78 is 0. The van der Waals surface area contributed by atoms with Crippen molar-refractivity contribution < 1.29 is 5.11 Å². The van der Waals surface area contributed by atoms with E-state index in [4.69, 9.17) is 4.99 Å². The molecule has 1 aromatic carbocycles. The first-order chi connectivity index (χ1) is 11.3. The van der Waals surface area contributed by atoms with Crippen LogP contribution in [0.25, 0.3) is 0 Å². The average molecular weight is 315 g/mol. The topological polar surface area (TPSA) is 47.9 Å². The van der Waals surface area contributed by atoms with Gasteiger partial charge in [0.05, 0.1) is 0 Å². The summed E-state index contributed by atoms with van der Waals surface area (Å²) in [4.78, 5) is 7.29. The van der Waals surface area contributed by atoms with Gasteiger partial charge >= 0.3 is 0 Å². The van der Waals surface area contributed by atoms with Crippen LogP contribution in [0.4, 0.5) is 0 Å². The third-order valence-corrected chi connectivity index (χ3v) is 5.18. The van der Waals surface area contributed by atoms with E-state index < -0.39 is 0 Å². The summed E-state index contributed by atoms with van der Waals surface area (Å²) in [6.07, 6.45) is 6.46. The fourth-order valence-corrected chi connectivity index (χ4v) is 4.01. The fraction of sp³-hybridized carbons (Fsp3) is 0.632. The van der Waals surface area contributed by atoms with Crippen molar-refractivity contribution in [3.8, 4) is 5.75 Å². The number of fused-ring (bicyclic) bond motifs is 1. The lowest BCUT2D eigenvalue weighted by atomic mass is 9.82. The maximum atomic E-state index is 9.54. The zero-order valence-corrected chi connectivity index (χ0v) is 14.2. The van der Waals surface area contributed by atoms with Crippen molar-refractivity contribution in [3.05, 3.63) is 29.8 Å². The molecule has 23 heavy (non-hydrogen) atoms. The molecule has 2 aliphatic rings. The van der Waals surface area contributed by atoms with Crippen LogP contribution in [0.5, 0.6) is 5.75 Å². The van der Waals surface area contributed by atoms with E-state index in [1.165, 1.54) is 38.8 Å². The van der Waals surface area contributed by atoms with E-state index in [-0.39, 0.29) is 0 Å². The first-order valence-corrected chi connectivity index (χ1v) is 9.07. The highest BCUT2D eigenvalue weighted by atomic mass is 16.3. The molecular formula is C19H29N3O. The summed E-state index contributed by atoms with van der Waals surface area (Å²) in [5.74, 6) is 3.15. The van der Waals surface area contributed by atoms with Crippen LogP contribution >= 0.6 is 0 Å². The number of likely N-dealkylation sites (tertiary alicyclic amines) is 1. The largest absolute Gasteiger partial charge is 0.508 e. The molecule has 1 saturated heterocycles. The summed E-state index contributed by atoms with van der Waals surface area (Å²) in [5, 5.41) is 13.0. The number of hydrogen-bond donors (Lipinski definition) is 2. The van der Waals surface area contributed by atoms with Gasteiger partial charge in [0.25, 0.3) is 0 Å². The Morgan fingerprint density at radius 1 is 1.26 bits per heavy atom. The molecule has 0 radical (unpaired) electrons. The lowest BCUT2D eigenvalue weighted by Gasteiger charge is -2.22. The molecule has 2 fully saturated rings. The molecule has 1 aliphatic heterocycles. The molecule has 1 aliphatic carbocycles. The normalized spacial score (nSPS) is 24.6. The first-order valence-electron chi connectivity index (χ1n) is 9.07. The molecule has 2 N–H and O–H groups in total. The van der Waals surface area contributed by atoms with Gasteiger partial charge in [0, 0.05) is 26.2 Å². The minimum atomic E-state index is 0.335. The van der Waals surface area contributed by atoms with Gasteiger partial charge < -0.3 is 15.3 Å². The van der Waals surface area contributed by atoms with Gasteiger partial charge in [-0.1, -0.05) is 25.0 Å². The zero-order valence-electron chi connectivity index (χ0n) is 14.2. The molecule has 3 rings (SSSR count). The van der Waals surface area contributed by atoms with E-state index in [2.05, 4.69) is 17.1 Å². The maximum absolute atomic E-state index is 9.54. The predicted octanol–water partition coefficient (Wildman–Crippen LogP) is 3.02. The number of guanidine groups is 1. The number of nitrogens with one attached hydrogen (secondary N) is 1. The van der Waals surface area contributed by atoms with E-state index in [9.17, 15) is 5.11 Å². The van der Waals surface area contributed by atoms with Crippen molar-refractivity contribution in [2.75, 3.05) is 26.2 Å². The second kappa shape index (κ2) is 7.71. The predicted molar refractivity (Wildman–Crippen MR) is 94.8 cm³/mol. The van der Waals surface area contributed by atoms with Crippen LogP contribution < -0.4 is 5.32 Å². The van der Waals surface area contributed by atoms with E-state index in [1.54, 1.807) is 6.07 Å². The van der Waals surface area contributed by atoms with Crippen LogP contribution in [0.3, 0.4) is 0 Å². The SMILES string of the molecule is CCNC(=NCCc1cccc(O)c1)N1CC2CCCCC2C1. The van der Waals surface area contributed by atoms with Gasteiger partial charge in [-0.25, -0.2) is 0 Å². The summed E-state index contributed by atoms with van der Waals surface area (Å²) in [6.45, 7) is 6.15. The van der Waals surface area contributed by atoms with Crippen molar-refractivity contribution in [2.45, 2.75) is 39.0 Å². The highest BCUT2D eigenvalue weighted by Gasteiger charge is 2.35. The number of rotatable bonds is 4. The number of aliphatic imine (C=N–C) groups is 1. The molecule has 0 aromatic heterocycles. The van der Waals surface area contributed by atoms with Crippen molar-refractivity contribution in [1.82, 2.24) is 10.2 Å². The summed E-state index contributed by atoms with van der Waals surface area (Å²) in [7, 11) is 0. The molecule has 1 saturated carbocycles. The maximum Gasteiger partial charge on any atom is 0.193 e. The second-order valence-electron chi connectivity index (χ2n) is 6.87. The Morgan fingerprint density at radius 3 is 2.65 bits per heavy atom. The smallest absolute Gasteiger partial charge is 0.193 e. The van der Waals surface area contributed by atoms with E-state index in [0.29, 0.717) is 5.75 Å². The Morgan fingerprint density at radius 2 is 2.00 bits per heavy atom. The number of hydrogen-bond acceptors (Lipinski definition) is 2. The number of nitrogens with zero attached hydrogens (tertiary/aromatic N) is 2. The van der Waals surface area contributed by atoms with Crippen LogP contribution in [0, 0.1) is 11.8 Å². The third-order valence-electron chi connectivity index (χ3n) is 5.18. The fourth-order valence-electron chi connectivity index (χ4n) is 4.01. The van der Waals surface area contributed by atoms with Gasteiger partial charge in [-0.3, -0.25) is 4.99 Å². The quantitative estimate of drug-likeness (QED) is 0.663. The van der Waals surface area contributed by atoms with Crippen LogP contribution in [0.2, 0.25) is 0 Å². The van der Waals surface area contributed by atoms with E-state index in [1.807, 2.05) is 18.2 Å². The highest BCUT2D eigenvalue weighted by molar-refractivity contribution is 5.80. The lowest BCUT2D eigenvalue weighted by Crippen LogP contribution is -2.40. The van der Waals surface area contributed by atoms with Crippen LogP contribution in [-0.2, 0) is 6.42 Å². The van der Waals surface area contributed by atoms with Gasteiger partial charge in [-0.05, 0) is 55.7 Å².